The molecule has 0 saturated heterocycles. The van der Waals surface area contributed by atoms with Gasteiger partial charge in [0, 0.05) is 19.3 Å². The summed E-state index contributed by atoms with van der Waals surface area (Å²) in [4.78, 5) is 30.3. The highest BCUT2D eigenvalue weighted by atomic mass is 16.5. The van der Waals surface area contributed by atoms with Crippen molar-refractivity contribution in [3.63, 3.8) is 0 Å². The van der Waals surface area contributed by atoms with Crippen LogP contribution in [0.4, 0.5) is 0 Å². The lowest BCUT2D eigenvalue weighted by atomic mass is 9.45. The third-order valence-electron chi connectivity index (χ3n) is 11.9. The van der Waals surface area contributed by atoms with Gasteiger partial charge >= 0.3 is 5.97 Å². The summed E-state index contributed by atoms with van der Waals surface area (Å²) in [5.74, 6) is 0.245. The number of benzene rings is 1. The minimum absolute atomic E-state index is 0.0631. The Hall–Kier alpha value is -3.26. The van der Waals surface area contributed by atoms with E-state index in [-0.39, 0.29) is 35.6 Å². The van der Waals surface area contributed by atoms with Crippen molar-refractivity contribution in [3.05, 3.63) is 58.4 Å². The van der Waals surface area contributed by atoms with Gasteiger partial charge in [-0.2, -0.15) is 5.10 Å². The van der Waals surface area contributed by atoms with E-state index < -0.39 is 29.1 Å². The van der Waals surface area contributed by atoms with Crippen molar-refractivity contribution in [2.45, 2.75) is 97.4 Å². The molecular weight excluding hydrogens is 542 g/mol. The fraction of sp³-hybridized carbons (Fsp3) is 0.600. The molecule has 2 aromatic rings. The van der Waals surface area contributed by atoms with Gasteiger partial charge in [0.25, 0.3) is 0 Å². The third kappa shape index (κ3) is 4.04. The number of aryl methyl sites for hydroxylation is 1. The summed E-state index contributed by atoms with van der Waals surface area (Å²) in [6.45, 7) is 10.1. The maximum Gasteiger partial charge on any atom is 0.303 e. The van der Waals surface area contributed by atoms with Crippen molar-refractivity contribution in [3.8, 4) is 0 Å². The van der Waals surface area contributed by atoms with Crippen molar-refractivity contribution >= 4 is 23.7 Å². The van der Waals surface area contributed by atoms with Crippen LogP contribution < -0.4 is 0 Å². The Labute approximate surface area is 253 Å². The predicted molar refractivity (Wildman–Crippen MR) is 162 cm³/mol. The number of nitrogens with zero attached hydrogens (tertiary/aromatic N) is 3. The Morgan fingerprint density at radius 3 is 2.65 bits per heavy atom. The SMILES string of the molecule is CCc1ccc(Cn2ncc3c2C=C2CC[C@@H]4[C@H]([C@@H](O)C[C@@]5(C)[C@H]4C[C@H]4OC(C)=N[C@]45C(=O)COC(C)=O)[C@@]2(C)C3)cc1. The lowest BCUT2D eigenvalue weighted by Crippen LogP contribution is -2.62. The van der Waals surface area contributed by atoms with Crippen molar-refractivity contribution in [1.82, 2.24) is 9.78 Å². The first kappa shape index (κ1) is 28.5. The molecule has 5 aliphatic rings. The van der Waals surface area contributed by atoms with E-state index in [2.05, 4.69) is 55.8 Å². The second-order valence-electron chi connectivity index (χ2n) is 14.1. The molecule has 3 fully saturated rings. The van der Waals surface area contributed by atoms with Crippen molar-refractivity contribution < 1.29 is 24.2 Å². The minimum Gasteiger partial charge on any atom is -0.475 e. The van der Waals surface area contributed by atoms with Gasteiger partial charge < -0.3 is 14.6 Å². The number of allylic oxidation sites excluding steroid dienone is 1. The molecule has 1 aromatic heterocycles. The number of aliphatic hydroxyl groups is 1. The lowest BCUT2D eigenvalue weighted by Gasteiger charge is -2.60. The molecule has 8 nitrogen and oxygen atoms in total. The predicted octanol–water partition coefficient (Wildman–Crippen LogP) is 4.94. The molecule has 8 atom stereocenters. The molecule has 43 heavy (non-hydrogen) atoms. The van der Waals surface area contributed by atoms with Crippen LogP contribution in [0.2, 0.25) is 0 Å². The Morgan fingerprint density at radius 2 is 1.93 bits per heavy atom. The molecule has 1 N–H and O–H groups in total. The van der Waals surface area contributed by atoms with Gasteiger partial charge in [-0.15, -0.1) is 0 Å². The molecule has 3 saturated carbocycles. The molecule has 0 bridgehead atoms. The Balaban J connectivity index is 1.19. The highest BCUT2D eigenvalue weighted by Gasteiger charge is 2.74. The molecule has 8 heteroatoms. The van der Waals surface area contributed by atoms with Crippen molar-refractivity contribution in [2.24, 2.45) is 33.6 Å². The van der Waals surface area contributed by atoms with E-state index in [0.29, 0.717) is 18.7 Å². The second kappa shape index (κ2) is 9.88. The zero-order valence-corrected chi connectivity index (χ0v) is 25.9. The number of esters is 1. The number of ether oxygens (including phenoxy) is 2. The largest absolute Gasteiger partial charge is 0.475 e. The molecule has 228 valence electrons. The molecule has 0 amide bonds. The normalized spacial score (nSPS) is 37.1. The average molecular weight is 586 g/mol. The van der Waals surface area contributed by atoms with E-state index >= 15 is 0 Å². The van der Waals surface area contributed by atoms with E-state index in [0.717, 1.165) is 32.2 Å². The number of ketones is 1. The lowest BCUT2D eigenvalue weighted by molar-refractivity contribution is -0.156. The highest BCUT2D eigenvalue weighted by Crippen LogP contribution is 2.69. The molecule has 0 radical (unpaired) electrons. The zero-order valence-electron chi connectivity index (χ0n) is 25.9. The number of fused-ring (bicyclic) bond motifs is 8. The fourth-order valence-electron chi connectivity index (χ4n) is 10.1. The summed E-state index contributed by atoms with van der Waals surface area (Å²) in [6.07, 6.45) is 8.34. The maximum atomic E-state index is 13.9. The number of carbonyl (C=O) groups is 2. The fourth-order valence-corrected chi connectivity index (χ4v) is 10.1. The number of aliphatic hydroxyl groups excluding tert-OH is 1. The molecule has 0 spiro atoms. The third-order valence-corrected chi connectivity index (χ3v) is 11.9. The molecule has 7 rings (SSSR count). The summed E-state index contributed by atoms with van der Waals surface area (Å²) >= 11 is 0. The van der Waals surface area contributed by atoms with Crippen LogP contribution in [0, 0.1) is 28.6 Å². The van der Waals surface area contributed by atoms with Gasteiger partial charge in [-0.05, 0) is 84.5 Å². The van der Waals surface area contributed by atoms with Gasteiger partial charge in [0.15, 0.2) is 18.0 Å². The van der Waals surface area contributed by atoms with E-state index in [1.807, 2.05) is 6.20 Å². The maximum absolute atomic E-state index is 13.9. The molecule has 1 aromatic carbocycles. The first-order valence-electron chi connectivity index (χ1n) is 15.9. The van der Waals surface area contributed by atoms with Gasteiger partial charge in [0.2, 0.25) is 5.78 Å². The molecule has 0 unspecified atom stereocenters. The number of aliphatic imine (C=N–C) groups is 1. The van der Waals surface area contributed by atoms with Gasteiger partial charge in [0.1, 0.15) is 6.10 Å². The molecular formula is C35H43N3O5. The topological polar surface area (TPSA) is 103 Å². The number of hydrogen-bond donors (Lipinski definition) is 1. The smallest absolute Gasteiger partial charge is 0.303 e. The standard InChI is InChI=1S/C35H43N3O5/c1-6-22-7-9-23(10-8-22)18-38-28-13-25-11-12-26-27-14-31-35(37-20(2)43-31,30(41)19-42-21(3)39)34(27,5)16-29(40)32(26)33(25,4)15-24(28)17-36-38/h7-10,13,17,26-27,29,31-32,40H,6,11-12,14-16,18-19H2,1-5H3/t26-,27-,29-,31+,32+,33-,34-,35+/m0/s1. The van der Waals surface area contributed by atoms with Gasteiger partial charge in [0.05, 0.1) is 24.5 Å². The Morgan fingerprint density at radius 1 is 1.19 bits per heavy atom. The number of aromatic nitrogens is 2. The summed E-state index contributed by atoms with van der Waals surface area (Å²) in [5, 5.41) is 16.9. The first-order valence-corrected chi connectivity index (χ1v) is 15.9. The zero-order chi connectivity index (χ0) is 30.3. The summed E-state index contributed by atoms with van der Waals surface area (Å²) in [7, 11) is 0. The number of hydrogen-bond acceptors (Lipinski definition) is 7. The van der Waals surface area contributed by atoms with Gasteiger partial charge in [-0.3, -0.25) is 14.3 Å². The van der Waals surface area contributed by atoms with Crippen LogP contribution in [0.25, 0.3) is 6.08 Å². The van der Waals surface area contributed by atoms with Crippen LogP contribution in [0.3, 0.4) is 0 Å². The monoisotopic (exact) mass is 585 g/mol. The molecule has 1 aliphatic heterocycles. The number of Topliss-reactive ketones (excluding diaryl/α,β-unsaturated/α-hetero) is 1. The minimum atomic E-state index is -1.14. The van der Waals surface area contributed by atoms with Gasteiger partial charge in [-0.1, -0.05) is 50.6 Å². The summed E-state index contributed by atoms with van der Waals surface area (Å²) in [5.41, 5.74) is 4.46. The summed E-state index contributed by atoms with van der Waals surface area (Å²) < 4.78 is 13.5. The van der Waals surface area contributed by atoms with Crippen LogP contribution in [-0.2, 0) is 38.4 Å². The second-order valence-corrected chi connectivity index (χ2v) is 14.1. The Kier molecular flexibility index (Phi) is 6.55. The summed E-state index contributed by atoms with van der Waals surface area (Å²) in [6, 6.07) is 8.79. The van der Waals surface area contributed by atoms with Crippen LogP contribution in [0.1, 0.15) is 82.7 Å². The number of rotatable bonds is 6. The van der Waals surface area contributed by atoms with Crippen LogP contribution in [-0.4, -0.2) is 56.9 Å². The first-order chi connectivity index (χ1) is 20.5. The molecule has 4 aliphatic carbocycles. The van der Waals surface area contributed by atoms with E-state index in [1.165, 1.54) is 34.9 Å². The van der Waals surface area contributed by atoms with Crippen LogP contribution in [0.5, 0.6) is 0 Å². The molecule has 2 heterocycles. The van der Waals surface area contributed by atoms with E-state index in [1.54, 1.807) is 6.92 Å². The number of carbonyl (C=O) groups excluding carboxylic acids is 2. The highest BCUT2D eigenvalue weighted by molar-refractivity contribution is 5.97. The quantitative estimate of drug-likeness (QED) is 0.482. The van der Waals surface area contributed by atoms with E-state index in [9.17, 15) is 14.7 Å². The Bertz CT molecular complexity index is 1540. The van der Waals surface area contributed by atoms with Gasteiger partial charge in [-0.25, -0.2) is 4.99 Å². The van der Waals surface area contributed by atoms with Crippen molar-refractivity contribution in [1.29, 1.82) is 0 Å². The average Bonchev–Trinajstić information content (AvgIpc) is 3.58. The van der Waals surface area contributed by atoms with Crippen LogP contribution in [0.15, 0.2) is 41.0 Å². The van der Waals surface area contributed by atoms with Crippen molar-refractivity contribution in [2.75, 3.05) is 6.61 Å². The van der Waals surface area contributed by atoms with E-state index in [4.69, 9.17) is 19.6 Å². The van der Waals surface area contributed by atoms with Crippen LogP contribution >= 0.6 is 0 Å².